The summed E-state index contributed by atoms with van der Waals surface area (Å²) in [4.78, 5) is 13.8. The van der Waals surface area contributed by atoms with Gasteiger partial charge in [-0.1, -0.05) is 13.3 Å². The number of carbonyl (C=O) groups is 1. The third kappa shape index (κ3) is 4.12. The van der Waals surface area contributed by atoms with Crippen LogP contribution in [0.3, 0.4) is 0 Å². The van der Waals surface area contributed by atoms with Crippen molar-refractivity contribution in [1.29, 1.82) is 0 Å². The molecule has 0 aromatic heterocycles. The van der Waals surface area contributed by atoms with Gasteiger partial charge in [0.2, 0.25) is 0 Å². The first kappa shape index (κ1) is 13.5. The predicted molar refractivity (Wildman–Crippen MR) is 65.3 cm³/mol. The van der Waals surface area contributed by atoms with Gasteiger partial charge in [-0.3, -0.25) is 9.69 Å². The molecular weight excluding hydrogens is 202 g/mol. The van der Waals surface area contributed by atoms with Crippen molar-refractivity contribution in [3.05, 3.63) is 0 Å². The number of rotatable bonds is 6. The molecule has 16 heavy (non-hydrogen) atoms. The first-order chi connectivity index (χ1) is 7.67. The second kappa shape index (κ2) is 6.89. The lowest BCUT2D eigenvalue weighted by Crippen LogP contribution is -2.33. The summed E-state index contributed by atoms with van der Waals surface area (Å²) in [7, 11) is 0. The molecule has 1 aliphatic heterocycles. The summed E-state index contributed by atoms with van der Waals surface area (Å²) >= 11 is 0. The van der Waals surface area contributed by atoms with Crippen LogP contribution in [-0.2, 0) is 9.53 Å². The maximum Gasteiger partial charge on any atom is 0.307 e. The van der Waals surface area contributed by atoms with Crippen molar-refractivity contribution >= 4 is 5.97 Å². The lowest BCUT2D eigenvalue weighted by atomic mass is 10.0. The van der Waals surface area contributed by atoms with Gasteiger partial charge in [0.1, 0.15) is 0 Å². The molecule has 1 rings (SSSR count). The minimum Gasteiger partial charge on any atom is -0.466 e. The second-order valence-corrected chi connectivity index (χ2v) is 4.80. The van der Waals surface area contributed by atoms with Crippen LogP contribution in [0.5, 0.6) is 0 Å². The average Bonchev–Trinajstić information content (AvgIpc) is 2.67. The zero-order valence-electron chi connectivity index (χ0n) is 10.9. The molecule has 94 valence electrons. The summed E-state index contributed by atoms with van der Waals surface area (Å²) in [5, 5.41) is 0. The molecule has 3 heteroatoms. The van der Waals surface area contributed by atoms with Crippen molar-refractivity contribution in [2.75, 3.05) is 19.7 Å². The Hall–Kier alpha value is -0.570. The Balaban J connectivity index is 2.27. The molecule has 0 aromatic rings. The number of nitrogens with zero attached hydrogens (tertiary/aromatic N) is 1. The van der Waals surface area contributed by atoms with Gasteiger partial charge in [-0.25, -0.2) is 0 Å². The average molecular weight is 227 g/mol. The molecule has 1 heterocycles. The number of carbonyl (C=O) groups excluding carboxylic acids is 1. The number of hydrogen-bond donors (Lipinski definition) is 0. The Morgan fingerprint density at radius 2 is 2.25 bits per heavy atom. The van der Waals surface area contributed by atoms with E-state index in [-0.39, 0.29) is 5.97 Å². The van der Waals surface area contributed by atoms with Gasteiger partial charge in [-0.05, 0) is 39.2 Å². The minimum atomic E-state index is -0.0612. The molecular formula is C13H25NO2. The Bertz CT molecular complexity index is 218. The molecule has 0 amide bonds. The highest BCUT2D eigenvalue weighted by Crippen LogP contribution is 2.23. The largest absolute Gasteiger partial charge is 0.466 e. The smallest absolute Gasteiger partial charge is 0.307 e. The van der Waals surface area contributed by atoms with Gasteiger partial charge in [0, 0.05) is 12.6 Å². The Morgan fingerprint density at radius 1 is 1.50 bits per heavy atom. The monoisotopic (exact) mass is 227 g/mol. The molecule has 0 radical (unpaired) electrons. The highest BCUT2D eigenvalue weighted by molar-refractivity contribution is 5.70. The Kier molecular flexibility index (Phi) is 5.81. The number of esters is 1. The van der Waals surface area contributed by atoms with E-state index in [1.807, 2.05) is 6.92 Å². The molecule has 1 aliphatic rings. The number of hydrogen-bond acceptors (Lipinski definition) is 3. The molecule has 1 fully saturated rings. The third-order valence-electron chi connectivity index (χ3n) is 3.40. The van der Waals surface area contributed by atoms with E-state index in [2.05, 4.69) is 18.7 Å². The highest BCUT2D eigenvalue weighted by atomic mass is 16.5. The normalized spacial score (nSPS) is 23.3. The van der Waals surface area contributed by atoms with Crippen molar-refractivity contribution in [2.24, 2.45) is 5.92 Å². The Labute approximate surface area is 99.1 Å². The van der Waals surface area contributed by atoms with E-state index in [9.17, 15) is 4.79 Å². The quantitative estimate of drug-likeness (QED) is 0.653. The third-order valence-corrected chi connectivity index (χ3v) is 3.40. The standard InChI is InChI=1S/C13H25NO2/c1-4-6-12-7-8-14(10-12)11(3)9-13(15)16-5-2/h11-12H,4-10H2,1-3H3. The summed E-state index contributed by atoms with van der Waals surface area (Å²) in [6.07, 6.45) is 4.42. The van der Waals surface area contributed by atoms with E-state index in [0.717, 1.165) is 19.0 Å². The first-order valence-corrected chi connectivity index (χ1v) is 6.57. The van der Waals surface area contributed by atoms with Crippen LogP contribution in [0.2, 0.25) is 0 Å². The molecule has 3 nitrogen and oxygen atoms in total. The molecule has 0 aliphatic carbocycles. The molecule has 0 aromatic carbocycles. The van der Waals surface area contributed by atoms with Crippen LogP contribution < -0.4 is 0 Å². The van der Waals surface area contributed by atoms with Gasteiger partial charge in [-0.15, -0.1) is 0 Å². The van der Waals surface area contributed by atoms with Crippen LogP contribution in [0.4, 0.5) is 0 Å². The van der Waals surface area contributed by atoms with Crippen molar-refractivity contribution in [2.45, 2.75) is 52.5 Å². The summed E-state index contributed by atoms with van der Waals surface area (Å²) in [5.41, 5.74) is 0. The molecule has 0 saturated carbocycles. The molecule has 1 saturated heterocycles. The molecule has 2 unspecified atom stereocenters. The van der Waals surface area contributed by atoms with E-state index in [1.54, 1.807) is 0 Å². The summed E-state index contributed by atoms with van der Waals surface area (Å²) in [6, 6.07) is 0.334. The molecule has 0 bridgehead atoms. The van der Waals surface area contributed by atoms with Crippen LogP contribution in [0.1, 0.15) is 46.5 Å². The van der Waals surface area contributed by atoms with Gasteiger partial charge in [0.25, 0.3) is 0 Å². The van der Waals surface area contributed by atoms with Crippen LogP contribution in [0, 0.1) is 5.92 Å². The fourth-order valence-corrected chi connectivity index (χ4v) is 2.50. The van der Waals surface area contributed by atoms with Gasteiger partial charge in [0.15, 0.2) is 0 Å². The highest BCUT2D eigenvalue weighted by Gasteiger charge is 2.26. The van der Waals surface area contributed by atoms with Crippen molar-refractivity contribution in [1.82, 2.24) is 4.90 Å². The van der Waals surface area contributed by atoms with Gasteiger partial charge in [0.05, 0.1) is 13.0 Å². The summed E-state index contributed by atoms with van der Waals surface area (Å²) < 4.78 is 4.98. The fraction of sp³-hybridized carbons (Fsp3) is 0.923. The lowest BCUT2D eigenvalue weighted by Gasteiger charge is -2.23. The second-order valence-electron chi connectivity index (χ2n) is 4.80. The van der Waals surface area contributed by atoms with Crippen LogP contribution in [0.25, 0.3) is 0 Å². The van der Waals surface area contributed by atoms with Crippen molar-refractivity contribution in [3.63, 3.8) is 0 Å². The minimum absolute atomic E-state index is 0.0612. The van der Waals surface area contributed by atoms with Gasteiger partial charge < -0.3 is 4.74 Å². The van der Waals surface area contributed by atoms with E-state index >= 15 is 0 Å². The maximum atomic E-state index is 11.4. The summed E-state index contributed by atoms with van der Waals surface area (Å²) in [6.45, 7) is 9.02. The molecule has 2 atom stereocenters. The first-order valence-electron chi connectivity index (χ1n) is 6.57. The maximum absolute atomic E-state index is 11.4. The fourth-order valence-electron chi connectivity index (χ4n) is 2.50. The predicted octanol–water partition coefficient (Wildman–Crippen LogP) is 2.45. The van der Waals surface area contributed by atoms with Crippen LogP contribution in [-0.4, -0.2) is 36.6 Å². The van der Waals surface area contributed by atoms with Crippen LogP contribution >= 0.6 is 0 Å². The zero-order chi connectivity index (χ0) is 12.0. The van der Waals surface area contributed by atoms with Crippen molar-refractivity contribution in [3.8, 4) is 0 Å². The molecule has 0 N–H and O–H groups in total. The van der Waals surface area contributed by atoms with E-state index in [0.29, 0.717) is 19.1 Å². The van der Waals surface area contributed by atoms with E-state index in [1.165, 1.54) is 19.3 Å². The van der Waals surface area contributed by atoms with Gasteiger partial charge in [-0.2, -0.15) is 0 Å². The number of likely N-dealkylation sites (tertiary alicyclic amines) is 1. The SMILES string of the molecule is CCCC1CCN(C(C)CC(=O)OCC)C1. The topological polar surface area (TPSA) is 29.5 Å². The van der Waals surface area contributed by atoms with Crippen LogP contribution in [0.15, 0.2) is 0 Å². The number of ether oxygens (including phenoxy) is 1. The molecule has 0 spiro atoms. The summed E-state index contributed by atoms with van der Waals surface area (Å²) in [5.74, 6) is 0.781. The van der Waals surface area contributed by atoms with E-state index in [4.69, 9.17) is 4.74 Å². The Morgan fingerprint density at radius 3 is 2.88 bits per heavy atom. The van der Waals surface area contributed by atoms with E-state index < -0.39 is 0 Å². The van der Waals surface area contributed by atoms with Crippen molar-refractivity contribution < 1.29 is 9.53 Å². The zero-order valence-corrected chi connectivity index (χ0v) is 10.9. The van der Waals surface area contributed by atoms with Gasteiger partial charge >= 0.3 is 5.97 Å². The lowest BCUT2D eigenvalue weighted by molar-refractivity contribution is -0.144.